The molecule has 1 heterocycles. The molecule has 0 radical (unpaired) electrons. The fourth-order valence-corrected chi connectivity index (χ4v) is 5.37. The highest BCUT2D eigenvalue weighted by atomic mass is 32.2. The van der Waals surface area contributed by atoms with Crippen molar-refractivity contribution in [2.24, 2.45) is 5.10 Å². The lowest BCUT2D eigenvalue weighted by molar-refractivity contribution is -0.144. The van der Waals surface area contributed by atoms with Gasteiger partial charge >= 0.3 is 0 Å². The minimum absolute atomic E-state index is 0.0602. The molecule has 1 aliphatic rings. The van der Waals surface area contributed by atoms with Crippen LogP contribution in [-0.4, -0.2) is 50.4 Å². The number of ether oxygens (including phenoxy) is 1. The van der Waals surface area contributed by atoms with Crippen LogP contribution in [0.25, 0.3) is 0 Å². The Kier molecular flexibility index (Phi) is 7.88. The van der Waals surface area contributed by atoms with E-state index in [1.165, 1.54) is 12.1 Å². The highest BCUT2D eigenvalue weighted by Crippen LogP contribution is 2.50. The molecular weight excluding hydrogens is 472 g/mol. The third kappa shape index (κ3) is 5.78. The van der Waals surface area contributed by atoms with Crippen LogP contribution in [0.15, 0.2) is 53.6 Å². The first-order chi connectivity index (χ1) is 15.6. The topological polar surface area (TPSA) is 88.1 Å². The Morgan fingerprint density at radius 2 is 1.94 bits per heavy atom. The molecule has 0 bridgehead atoms. The van der Waals surface area contributed by atoms with Crippen molar-refractivity contribution in [2.75, 3.05) is 19.9 Å². The Balaban J connectivity index is 2.08. The van der Waals surface area contributed by atoms with E-state index in [1.807, 2.05) is 18.2 Å². The van der Waals surface area contributed by atoms with Crippen LogP contribution in [-0.2, 0) is 24.4 Å². The van der Waals surface area contributed by atoms with Crippen molar-refractivity contribution in [3.8, 4) is 0 Å². The van der Waals surface area contributed by atoms with E-state index in [9.17, 15) is 22.0 Å². The maximum atomic E-state index is 14.6. The second-order valence-electron chi connectivity index (χ2n) is 7.58. The van der Waals surface area contributed by atoms with Gasteiger partial charge in [0.15, 0.2) is 0 Å². The second-order valence-corrected chi connectivity index (χ2v) is 10.7. The number of carbonyl (C=O) groups excluding carboxylic acids is 1. The van der Waals surface area contributed by atoms with Gasteiger partial charge in [-0.05, 0) is 43.5 Å². The number of halogens is 2. The first-order valence-corrected chi connectivity index (χ1v) is 12.9. The van der Waals surface area contributed by atoms with Crippen molar-refractivity contribution < 1.29 is 26.7 Å². The summed E-state index contributed by atoms with van der Waals surface area (Å²) in [6, 6.07) is 12.1. The van der Waals surface area contributed by atoms with Gasteiger partial charge in [-0.1, -0.05) is 42.1 Å². The van der Waals surface area contributed by atoms with Crippen molar-refractivity contribution in [3.63, 3.8) is 0 Å². The Morgan fingerprint density at radius 1 is 1.24 bits per heavy atom. The molecular formula is C22H25F2N3O4S2. The molecule has 1 unspecified atom stereocenters. The van der Waals surface area contributed by atoms with E-state index in [-0.39, 0.29) is 23.6 Å². The maximum Gasteiger partial charge on any atom is 0.273 e. The van der Waals surface area contributed by atoms with E-state index in [0.29, 0.717) is 12.0 Å². The molecule has 0 saturated carbocycles. The average Bonchev–Trinajstić information content (AvgIpc) is 3.18. The monoisotopic (exact) mass is 497 g/mol. The average molecular weight is 498 g/mol. The number of nitrogens with one attached hydrogen (secondary N) is 1. The van der Waals surface area contributed by atoms with Crippen molar-refractivity contribution in [1.82, 2.24) is 9.73 Å². The molecule has 2 aromatic rings. The van der Waals surface area contributed by atoms with Gasteiger partial charge in [-0.3, -0.25) is 4.79 Å². The normalized spacial score (nSPS) is 19.4. The minimum Gasteiger partial charge on any atom is -0.372 e. The van der Waals surface area contributed by atoms with Crippen LogP contribution in [0.3, 0.4) is 0 Å². The zero-order valence-electron chi connectivity index (χ0n) is 18.4. The van der Waals surface area contributed by atoms with Gasteiger partial charge in [0.1, 0.15) is 27.7 Å². The molecule has 2 aromatic carbocycles. The summed E-state index contributed by atoms with van der Waals surface area (Å²) in [5.41, 5.74) is 0.650. The molecule has 0 fully saturated rings. The first-order valence-electron chi connectivity index (χ1n) is 10.2. The van der Waals surface area contributed by atoms with Gasteiger partial charge < -0.3 is 4.74 Å². The summed E-state index contributed by atoms with van der Waals surface area (Å²) in [5, 5.41) is 5.82. The number of sulfonamides is 1. The minimum atomic E-state index is -3.39. The quantitative estimate of drug-likeness (QED) is 0.537. The van der Waals surface area contributed by atoms with E-state index < -0.39 is 38.5 Å². The summed E-state index contributed by atoms with van der Waals surface area (Å²) >= 11 is 1.13. The molecule has 1 N–H and O–H groups in total. The lowest BCUT2D eigenvalue weighted by atomic mass is 10.00. The van der Waals surface area contributed by atoms with Crippen LogP contribution in [0.2, 0.25) is 0 Å². The third-order valence-electron chi connectivity index (χ3n) is 5.15. The maximum absolute atomic E-state index is 14.6. The number of hydrogen-bond acceptors (Lipinski definition) is 6. The first kappa shape index (κ1) is 25.3. The number of benzene rings is 2. The SMILES string of the molecule is CO[C@@H](C)C(=O)N1N=C(c2cc(F)ccc2F)SC1(CCCNS(C)(=O)=O)c1ccccc1. The molecule has 0 aromatic heterocycles. The lowest BCUT2D eigenvalue weighted by Crippen LogP contribution is -2.46. The van der Waals surface area contributed by atoms with Gasteiger partial charge in [0.25, 0.3) is 5.91 Å². The van der Waals surface area contributed by atoms with Crippen molar-refractivity contribution in [3.05, 3.63) is 71.3 Å². The van der Waals surface area contributed by atoms with Crippen molar-refractivity contribution >= 4 is 32.7 Å². The van der Waals surface area contributed by atoms with E-state index >= 15 is 0 Å². The lowest BCUT2D eigenvalue weighted by Gasteiger charge is -2.37. The van der Waals surface area contributed by atoms with Crippen LogP contribution in [0.5, 0.6) is 0 Å². The Morgan fingerprint density at radius 3 is 2.58 bits per heavy atom. The summed E-state index contributed by atoms with van der Waals surface area (Å²) in [7, 11) is -2.00. The largest absolute Gasteiger partial charge is 0.372 e. The standard InChI is InChI=1S/C22H25F2N3O4S2/c1-15(31-2)21(28)27-22(16-8-5-4-6-9-16,12-7-13-25-33(3,29)30)32-20(26-27)18-14-17(23)10-11-19(18)24/h4-6,8-11,14-15,25H,7,12-13H2,1-3H3/t15-,22?/m0/s1. The molecule has 0 aliphatic carbocycles. The van der Waals surface area contributed by atoms with Gasteiger partial charge in [0.2, 0.25) is 10.0 Å². The molecule has 0 saturated heterocycles. The van der Waals surface area contributed by atoms with E-state index in [0.717, 1.165) is 36.2 Å². The Bertz CT molecular complexity index is 1150. The van der Waals surface area contributed by atoms with Gasteiger partial charge in [-0.25, -0.2) is 26.9 Å². The summed E-state index contributed by atoms with van der Waals surface area (Å²) < 4.78 is 59.1. The number of hydrogen-bond donors (Lipinski definition) is 1. The fraction of sp³-hybridized carbons (Fsp3) is 0.364. The molecule has 2 atom stereocenters. The van der Waals surface area contributed by atoms with Gasteiger partial charge in [-0.2, -0.15) is 5.10 Å². The fourth-order valence-electron chi connectivity index (χ4n) is 3.43. The smallest absolute Gasteiger partial charge is 0.273 e. The van der Waals surface area contributed by atoms with Gasteiger partial charge in [-0.15, -0.1) is 0 Å². The zero-order chi connectivity index (χ0) is 24.2. The van der Waals surface area contributed by atoms with E-state index in [4.69, 9.17) is 4.74 Å². The summed E-state index contributed by atoms with van der Waals surface area (Å²) in [4.78, 5) is 12.2. The van der Waals surface area contributed by atoms with E-state index in [1.54, 1.807) is 19.1 Å². The number of amides is 1. The number of carbonyl (C=O) groups is 1. The van der Waals surface area contributed by atoms with Gasteiger partial charge in [0, 0.05) is 19.2 Å². The highest BCUT2D eigenvalue weighted by Gasteiger charge is 2.49. The van der Waals surface area contributed by atoms with Crippen molar-refractivity contribution in [2.45, 2.75) is 30.7 Å². The van der Waals surface area contributed by atoms with Crippen LogP contribution in [0.4, 0.5) is 8.78 Å². The summed E-state index contributed by atoms with van der Waals surface area (Å²) in [5.74, 6) is -1.76. The van der Waals surface area contributed by atoms with Gasteiger partial charge in [0.05, 0.1) is 6.26 Å². The number of rotatable bonds is 9. The Labute approximate surface area is 196 Å². The molecule has 33 heavy (non-hydrogen) atoms. The molecule has 7 nitrogen and oxygen atoms in total. The molecule has 3 rings (SSSR count). The number of thioether (sulfide) groups is 1. The number of hydrazone groups is 1. The highest BCUT2D eigenvalue weighted by molar-refractivity contribution is 8.15. The number of methoxy groups -OCH3 is 1. The predicted molar refractivity (Wildman–Crippen MR) is 124 cm³/mol. The molecule has 1 aliphatic heterocycles. The Hall–Kier alpha value is -2.34. The summed E-state index contributed by atoms with van der Waals surface area (Å²) in [6.45, 7) is 1.71. The predicted octanol–water partition coefficient (Wildman–Crippen LogP) is 3.42. The van der Waals surface area contributed by atoms with Crippen LogP contribution in [0.1, 0.15) is 30.9 Å². The van der Waals surface area contributed by atoms with E-state index in [2.05, 4.69) is 9.82 Å². The molecule has 1 amide bonds. The summed E-state index contributed by atoms with van der Waals surface area (Å²) in [6.07, 6.45) is 0.863. The van der Waals surface area contributed by atoms with Crippen LogP contribution < -0.4 is 4.72 Å². The third-order valence-corrected chi connectivity index (χ3v) is 7.32. The molecule has 178 valence electrons. The van der Waals surface area contributed by atoms with Crippen LogP contribution >= 0.6 is 11.8 Å². The molecule has 0 spiro atoms. The molecule has 11 heteroatoms. The van der Waals surface area contributed by atoms with Crippen LogP contribution in [0, 0.1) is 11.6 Å². The number of nitrogens with zero attached hydrogens (tertiary/aromatic N) is 2. The zero-order valence-corrected chi connectivity index (χ0v) is 20.1. The van der Waals surface area contributed by atoms with Crippen molar-refractivity contribution in [1.29, 1.82) is 0 Å². The second kappa shape index (κ2) is 10.3.